The molecule has 1 rings (SSSR count). The molecule has 1 aromatic carbocycles. The zero-order chi connectivity index (χ0) is 12.0. The fourth-order valence-electron chi connectivity index (χ4n) is 2.24. The van der Waals surface area contributed by atoms with Gasteiger partial charge in [0.2, 0.25) is 0 Å². The molecule has 0 aliphatic carbocycles. The molecule has 0 heterocycles. The molecule has 0 amide bonds. The lowest BCUT2D eigenvalue weighted by molar-refractivity contribution is 0.451. The number of aryl methyl sites for hydroxylation is 1. The number of hydrogen-bond acceptors (Lipinski definition) is 1. The standard InChI is InChI=1S/C15H25N/c1-5-7-15(16-4)12(3)14-10-8-13(6-2)9-11-14/h8-12,15-16H,5-7H2,1-4H3. The molecule has 0 fully saturated rings. The Hall–Kier alpha value is -0.820. The van der Waals surface area contributed by atoms with Gasteiger partial charge in [-0.25, -0.2) is 0 Å². The minimum atomic E-state index is 0.593. The minimum Gasteiger partial charge on any atom is -0.316 e. The van der Waals surface area contributed by atoms with E-state index in [9.17, 15) is 0 Å². The molecule has 1 aromatic rings. The van der Waals surface area contributed by atoms with Gasteiger partial charge >= 0.3 is 0 Å². The molecule has 0 bridgehead atoms. The molecule has 0 spiro atoms. The predicted molar refractivity (Wildman–Crippen MR) is 72.0 cm³/mol. The van der Waals surface area contributed by atoms with Crippen LogP contribution >= 0.6 is 0 Å². The molecule has 2 atom stereocenters. The Labute approximate surface area is 100 Å². The SMILES string of the molecule is CCCC(NC)C(C)c1ccc(CC)cc1. The van der Waals surface area contributed by atoms with Crippen molar-refractivity contribution in [3.8, 4) is 0 Å². The summed E-state index contributed by atoms with van der Waals surface area (Å²) >= 11 is 0. The van der Waals surface area contributed by atoms with Crippen molar-refractivity contribution in [2.45, 2.75) is 52.0 Å². The van der Waals surface area contributed by atoms with E-state index in [0.717, 1.165) is 6.42 Å². The molecule has 1 heteroatoms. The number of hydrogen-bond donors (Lipinski definition) is 1. The fraction of sp³-hybridized carbons (Fsp3) is 0.600. The van der Waals surface area contributed by atoms with Crippen molar-refractivity contribution < 1.29 is 0 Å². The molecule has 1 nitrogen and oxygen atoms in total. The molecule has 0 saturated heterocycles. The van der Waals surface area contributed by atoms with Gasteiger partial charge in [-0.15, -0.1) is 0 Å². The highest BCUT2D eigenvalue weighted by atomic mass is 14.9. The molecule has 0 radical (unpaired) electrons. The average Bonchev–Trinajstić information content (AvgIpc) is 2.35. The van der Waals surface area contributed by atoms with Crippen molar-refractivity contribution in [3.05, 3.63) is 35.4 Å². The van der Waals surface area contributed by atoms with Gasteiger partial charge in [-0.3, -0.25) is 0 Å². The average molecular weight is 219 g/mol. The molecule has 0 saturated carbocycles. The van der Waals surface area contributed by atoms with Crippen LogP contribution in [0.1, 0.15) is 50.7 Å². The molecule has 16 heavy (non-hydrogen) atoms. The van der Waals surface area contributed by atoms with E-state index in [1.165, 1.54) is 24.0 Å². The second kappa shape index (κ2) is 6.70. The summed E-state index contributed by atoms with van der Waals surface area (Å²) in [5.74, 6) is 0.593. The minimum absolute atomic E-state index is 0.593. The van der Waals surface area contributed by atoms with E-state index >= 15 is 0 Å². The largest absolute Gasteiger partial charge is 0.316 e. The third-order valence-corrected chi connectivity index (χ3v) is 3.49. The van der Waals surface area contributed by atoms with E-state index in [2.05, 4.69) is 57.4 Å². The Balaban J connectivity index is 2.73. The summed E-state index contributed by atoms with van der Waals surface area (Å²) in [6.45, 7) is 6.76. The first-order chi connectivity index (χ1) is 7.72. The maximum Gasteiger partial charge on any atom is 0.0130 e. The summed E-state index contributed by atoms with van der Waals surface area (Å²) in [6.07, 6.45) is 3.61. The first-order valence-corrected chi connectivity index (χ1v) is 6.49. The van der Waals surface area contributed by atoms with Crippen LogP contribution in [0.25, 0.3) is 0 Å². The van der Waals surface area contributed by atoms with E-state index in [4.69, 9.17) is 0 Å². The van der Waals surface area contributed by atoms with Gasteiger partial charge in [0, 0.05) is 6.04 Å². The lowest BCUT2D eigenvalue weighted by Crippen LogP contribution is -2.30. The second-order valence-corrected chi connectivity index (χ2v) is 4.57. The van der Waals surface area contributed by atoms with Crippen molar-refractivity contribution in [1.82, 2.24) is 5.32 Å². The van der Waals surface area contributed by atoms with Crippen LogP contribution in [0.3, 0.4) is 0 Å². The normalized spacial score (nSPS) is 14.8. The molecule has 0 aliphatic heterocycles. The first kappa shape index (κ1) is 13.2. The van der Waals surface area contributed by atoms with Gasteiger partial charge < -0.3 is 5.32 Å². The third kappa shape index (κ3) is 3.34. The van der Waals surface area contributed by atoms with Gasteiger partial charge in [0.1, 0.15) is 0 Å². The first-order valence-electron chi connectivity index (χ1n) is 6.49. The number of benzene rings is 1. The summed E-state index contributed by atoms with van der Waals surface area (Å²) in [6, 6.07) is 9.67. The van der Waals surface area contributed by atoms with E-state index in [0.29, 0.717) is 12.0 Å². The maximum absolute atomic E-state index is 3.43. The summed E-state index contributed by atoms with van der Waals surface area (Å²) in [5, 5.41) is 3.43. The van der Waals surface area contributed by atoms with Crippen LogP contribution in [-0.2, 0) is 6.42 Å². The van der Waals surface area contributed by atoms with Crippen LogP contribution in [-0.4, -0.2) is 13.1 Å². The Kier molecular flexibility index (Phi) is 5.54. The quantitative estimate of drug-likeness (QED) is 0.768. The highest BCUT2D eigenvalue weighted by molar-refractivity contribution is 5.26. The summed E-state index contributed by atoms with van der Waals surface area (Å²) in [5.41, 5.74) is 2.87. The van der Waals surface area contributed by atoms with Crippen LogP contribution in [0.4, 0.5) is 0 Å². The smallest absolute Gasteiger partial charge is 0.0130 e. The molecule has 0 aromatic heterocycles. The van der Waals surface area contributed by atoms with Crippen LogP contribution in [0.2, 0.25) is 0 Å². The summed E-state index contributed by atoms with van der Waals surface area (Å²) in [7, 11) is 2.07. The molecule has 2 unspecified atom stereocenters. The van der Waals surface area contributed by atoms with Crippen molar-refractivity contribution in [2.24, 2.45) is 0 Å². The lowest BCUT2D eigenvalue weighted by atomic mass is 9.90. The van der Waals surface area contributed by atoms with Gasteiger partial charge in [0.15, 0.2) is 0 Å². The van der Waals surface area contributed by atoms with Crippen LogP contribution in [0.15, 0.2) is 24.3 Å². The van der Waals surface area contributed by atoms with Crippen molar-refractivity contribution in [2.75, 3.05) is 7.05 Å². The number of nitrogens with one attached hydrogen (secondary N) is 1. The monoisotopic (exact) mass is 219 g/mol. The Morgan fingerprint density at radius 2 is 1.75 bits per heavy atom. The van der Waals surface area contributed by atoms with Crippen LogP contribution < -0.4 is 5.32 Å². The Bertz CT molecular complexity index is 289. The summed E-state index contributed by atoms with van der Waals surface area (Å²) < 4.78 is 0. The van der Waals surface area contributed by atoms with Crippen LogP contribution in [0, 0.1) is 0 Å². The van der Waals surface area contributed by atoms with Gasteiger partial charge in [0.05, 0.1) is 0 Å². The Morgan fingerprint density at radius 3 is 2.19 bits per heavy atom. The van der Waals surface area contributed by atoms with Gasteiger partial charge in [-0.1, -0.05) is 51.5 Å². The Morgan fingerprint density at radius 1 is 1.12 bits per heavy atom. The number of likely N-dealkylation sites (N-methyl/N-ethyl adjacent to an activating group) is 1. The topological polar surface area (TPSA) is 12.0 Å². The molecular formula is C15H25N. The fourth-order valence-corrected chi connectivity index (χ4v) is 2.24. The maximum atomic E-state index is 3.43. The summed E-state index contributed by atoms with van der Waals surface area (Å²) in [4.78, 5) is 0. The highest BCUT2D eigenvalue weighted by Crippen LogP contribution is 2.22. The van der Waals surface area contributed by atoms with Crippen LogP contribution in [0.5, 0.6) is 0 Å². The zero-order valence-corrected chi connectivity index (χ0v) is 11.1. The zero-order valence-electron chi connectivity index (χ0n) is 11.1. The van der Waals surface area contributed by atoms with Crippen molar-refractivity contribution >= 4 is 0 Å². The predicted octanol–water partition coefficient (Wildman–Crippen LogP) is 3.74. The van der Waals surface area contributed by atoms with E-state index in [-0.39, 0.29) is 0 Å². The third-order valence-electron chi connectivity index (χ3n) is 3.49. The molecule has 0 aliphatic rings. The van der Waals surface area contributed by atoms with E-state index in [1.807, 2.05) is 0 Å². The van der Waals surface area contributed by atoms with E-state index in [1.54, 1.807) is 0 Å². The van der Waals surface area contributed by atoms with E-state index < -0.39 is 0 Å². The second-order valence-electron chi connectivity index (χ2n) is 4.57. The molecule has 1 N–H and O–H groups in total. The van der Waals surface area contributed by atoms with Gasteiger partial charge in [-0.05, 0) is 36.9 Å². The van der Waals surface area contributed by atoms with Crippen molar-refractivity contribution in [1.29, 1.82) is 0 Å². The lowest BCUT2D eigenvalue weighted by Gasteiger charge is -2.23. The van der Waals surface area contributed by atoms with Gasteiger partial charge in [-0.2, -0.15) is 0 Å². The number of rotatable bonds is 6. The molecule has 90 valence electrons. The van der Waals surface area contributed by atoms with Gasteiger partial charge in [0.25, 0.3) is 0 Å². The highest BCUT2D eigenvalue weighted by Gasteiger charge is 2.15. The molecular weight excluding hydrogens is 194 g/mol. The van der Waals surface area contributed by atoms with Crippen molar-refractivity contribution in [3.63, 3.8) is 0 Å².